The van der Waals surface area contributed by atoms with E-state index in [1.54, 1.807) is 0 Å². The van der Waals surface area contributed by atoms with E-state index in [-0.39, 0.29) is 5.60 Å². The van der Waals surface area contributed by atoms with Gasteiger partial charge in [0.15, 0.2) is 0 Å². The average molecular weight is 214 g/mol. The predicted molar refractivity (Wildman–Crippen MR) is 65.9 cm³/mol. The maximum absolute atomic E-state index is 6.20. The zero-order valence-corrected chi connectivity index (χ0v) is 12.2. The summed E-state index contributed by atoms with van der Waals surface area (Å²) < 4.78 is 6.20. The lowest BCUT2D eigenvalue weighted by atomic mass is 10.2. The third-order valence-corrected chi connectivity index (χ3v) is 5.97. The molecule has 0 atom stereocenters. The molecule has 0 saturated heterocycles. The van der Waals surface area contributed by atoms with E-state index in [4.69, 9.17) is 3.79 Å². The van der Waals surface area contributed by atoms with Gasteiger partial charge in [-0.2, -0.15) is 0 Å². The molecule has 0 unspecified atom stereocenters. The molecule has 1 nitrogen and oxygen atoms in total. The van der Waals surface area contributed by atoms with E-state index < -0.39 is 14.5 Å². The van der Waals surface area contributed by atoms with Gasteiger partial charge in [0, 0.05) is 5.60 Å². The molecule has 2 heteroatoms. The molecule has 84 valence electrons. The zero-order chi connectivity index (χ0) is 11.4. The highest BCUT2D eigenvalue weighted by atomic mass is 27.2. The lowest BCUT2D eigenvalue weighted by Gasteiger charge is -2.27. The van der Waals surface area contributed by atoms with E-state index in [2.05, 4.69) is 48.5 Å². The van der Waals surface area contributed by atoms with E-state index in [1.807, 2.05) is 0 Å². The molecule has 0 aromatic rings. The summed E-state index contributed by atoms with van der Waals surface area (Å²) in [4.78, 5) is 0. The second kappa shape index (κ2) is 6.16. The van der Waals surface area contributed by atoms with Gasteiger partial charge >= 0.3 is 14.5 Å². The molecule has 0 aromatic heterocycles. The SMILES string of the molecule is CC(C)[CH2][Al]([CH2]C(C)C)[O]C(C)(C)C. The van der Waals surface area contributed by atoms with Crippen LogP contribution in [0.3, 0.4) is 0 Å². The monoisotopic (exact) mass is 214 g/mol. The molecule has 0 rings (SSSR count). The van der Waals surface area contributed by atoms with Crippen molar-refractivity contribution in [3.63, 3.8) is 0 Å². The smallest absolute Gasteiger partial charge is 0.461 e. The van der Waals surface area contributed by atoms with Crippen LogP contribution in [0.4, 0.5) is 0 Å². The predicted octanol–water partition coefficient (Wildman–Crippen LogP) is 4.11. The molecule has 0 bridgehead atoms. The van der Waals surface area contributed by atoms with Crippen LogP contribution in [0.2, 0.25) is 10.6 Å². The van der Waals surface area contributed by atoms with Gasteiger partial charge in [0.1, 0.15) is 0 Å². The van der Waals surface area contributed by atoms with Crippen LogP contribution in [0, 0.1) is 11.8 Å². The molecule has 0 radical (unpaired) electrons. The minimum Gasteiger partial charge on any atom is -0.496 e. The summed E-state index contributed by atoms with van der Waals surface area (Å²) in [6.07, 6.45) is 0. The van der Waals surface area contributed by atoms with Crippen molar-refractivity contribution in [1.82, 2.24) is 0 Å². The van der Waals surface area contributed by atoms with Gasteiger partial charge in [-0.3, -0.25) is 0 Å². The Kier molecular flexibility index (Phi) is 6.37. The molecule has 0 aliphatic carbocycles. The Labute approximate surface area is 95.0 Å². The molecule has 0 aromatic carbocycles. The van der Waals surface area contributed by atoms with E-state index in [0.717, 1.165) is 11.8 Å². The quantitative estimate of drug-likeness (QED) is 0.626. The first-order chi connectivity index (χ1) is 6.20. The normalized spacial score (nSPS) is 12.6. The molecule has 0 amide bonds. The van der Waals surface area contributed by atoms with E-state index >= 15 is 0 Å². The van der Waals surface area contributed by atoms with Crippen molar-refractivity contribution in [2.45, 2.75) is 64.6 Å². The third-order valence-electron chi connectivity index (χ3n) is 1.99. The molecule has 0 N–H and O–H groups in total. The molecule has 14 heavy (non-hydrogen) atoms. The maximum Gasteiger partial charge on any atom is 0.461 e. The van der Waals surface area contributed by atoms with Crippen molar-refractivity contribution in [2.24, 2.45) is 11.8 Å². The molecular weight excluding hydrogens is 187 g/mol. The average Bonchev–Trinajstić information content (AvgIpc) is 1.77. The van der Waals surface area contributed by atoms with Crippen LogP contribution in [-0.2, 0) is 3.79 Å². The summed E-state index contributed by atoms with van der Waals surface area (Å²) in [5.41, 5.74) is 0.0562. The summed E-state index contributed by atoms with van der Waals surface area (Å²) in [5.74, 6) is 1.57. The van der Waals surface area contributed by atoms with Gasteiger partial charge in [0.05, 0.1) is 0 Å². The van der Waals surface area contributed by atoms with Gasteiger partial charge in [0.2, 0.25) is 0 Å². The molecule has 0 heterocycles. The topological polar surface area (TPSA) is 9.23 Å². The first kappa shape index (κ1) is 14.5. The zero-order valence-electron chi connectivity index (χ0n) is 11.1. The summed E-state index contributed by atoms with van der Waals surface area (Å²) in [6.45, 7) is 15.7. The Hall–Kier alpha value is 0.492. The van der Waals surface area contributed by atoms with Crippen LogP contribution in [0.25, 0.3) is 0 Å². The maximum atomic E-state index is 6.20. The number of rotatable bonds is 5. The lowest BCUT2D eigenvalue weighted by Crippen LogP contribution is -2.32. The van der Waals surface area contributed by atoms with Crippen LogP contribution in [0.15, 0.2) is 0 Å². The summed E-state index contributed by atoms with van der Waals surface area (Å²) >= 11 is -0.975. The lowest BCUT2D eigenvalue weighted by molar-refractivity contribution is 0.125. The van der Waals surface area contributed by atoms with Crippen molar-refractivity contribution in [3.8, 4) is 0 Å². The van der Waals surface area contributed by atoms with E-state index in [1.165, 1.54) is 10.6 Å². The van der Waals surface area contributed by atoms with Gasteiger partial charge in [-0.1, -0.05) is 50.1 Å². The van der Waals surface area contributed by atoms with Gasteiger partial charge < -0.3 is 3.79 Å². The Balaban J connectivity index is 4.11. The van der Waals surface area contributed by atoms with Crippen LogP contribution in [-0.4, -0.2) is 20.1 Å². The summed E-state index contributed by atoms with van der Waals surface area (Å²) in [5, 5.41) is 2.63. The van der Waals surface area contributed by atoms with Crippen molar-refractivity contribution in [2.75, 3.05) is 0 Å². The summed E-state index contributed by atoms with van der Waals surface area (Å²) in [7, 11) is 0. The molecule has 0 aliphatic rings. The minimum atomic E-state index is -0.975. The van der Waals surface area contributed by atoms with E-state index in [9.17, 15) is 0 Å². The van der Waals surface area contributed by atoms with Crippen LogP contribution in [0.5, 0.6) is 0 Å². The van der Waals surface area contributed by atoms with Crippen molar-refractivity contribution < 1.29 is 3.79 Å². The highest BCUT2D eigenvalue weighted by Gasteiger charge is 2.27. The van der Waals surface area contributed by atoms with Crippen LogP contribution >= 0.6 is 0 Å². The molecule has 0 fully saturated rings. The van der Waals surface area contributed by atoms with Crippen molar-refractivity contribution in [1.29, 1.82) is 0 Å². The van der Waals surface area contributed by atoms with Gasteiger partial charge in [0.25, 0.3) is 0 Å². The molecule has 0 saturated carbocycles. The Morgan fingerprint density at radius 3 is 1.50 bits per heavy atom. The first-order valence-corrected chi connectivity index (χ1v) is 7.99. The van der Waals surface area contributed by atoms with Crippen molar-refractivity contribution in [3.05, 3.63) is 0 Å². The first-order valence-electron chi connectivity index (χ1n) is 5.88. The van der Waals surface area contributed by atoms with E-state index in [0.29, 0.717) is 0 Å². The van der Waals surface area contributed by atoms with Gasteiger partial charge in [-0.25, -0.2) is 0 Å². The largest absolute Gasteiger partial charge is 0.496 e. The highest BCUT2D eigenvalue weighted by Crippen LogP contribution is 2.20. The second-order valence-corrected chi connectivity index (χ2v) is 8.53. The van der Waals surface area contributed by atoms with Gasteiger partial charge in [-0.05, 0) is 20.8 Å². The fraction of sp³-hybridized carbons (Fsp3) is 1.00. The molecular formula is C12H27AlO. The third kappa shape index (κ3) is 9.06. The Bertz CT molecular complexity index is 137. The molecule has 0 aliphatic heterocycles. The summed E-state index contributed by atoms with van der Waals surface area (Å²) in [6, 6.07) is 0. The second-order valence-electron chi connectivity index (χ2n) is 6.11. The van der Waals surface area contributed by atoms with Gasteiger partial charge in [-0.15, -0.1) is 0 Å². The van der Waals surface area contributed by atoms with Crippen LogP contribution in [0.1, 0.15) is 48.5 Å². The minimum absolute atomic E-state index is 0.0562. The Morgan fingerprint density at radius 1 is 0.929 bits per heavy atom. The number of hydrogen-bond donors (Lipinski definition) is 0. The highest BCUT2D eigenvalue weighted by molar-refractivity contribution is 6.52. The number of hydrogen-bond acceptors (Lipinski definition) is 1. The fourth-order valence-corrected chi connectivity index (χ4v) is 5.23. The fourth-order valence-electron chi connectivity index (χ4n) is 1.74. The van der Waals surface area contributed by atoms with Crippen LogP contribution < -0.4 is 0 Å². The molecule has 0 spiro atoms. The Morgan fingerprint density at radius 2 is 1.29 bits per heavy atom. The van der Waals surface area contributed by atoms with Crippen molar-refractivity contribution >= 4 is 14.5 Å². The standard InChI is InChI=1S/C4H9O.2C4H9.Al/c1-4(2,3)5;2*1-4(2)3;/h1-3H3;2*4H,1H2,2-3H3;/q-1;;;+1.